The predicted octanol–water partition coefficient (Wildman–Crippen LogP) is 2.91. The van der Waals surface area contributed by atoms with E-state index in [9.17, 15) is 0 Å². The van der Waals surface area contributed by atoms with Gasteiger partial charge in [-0.3, -0.25) is 0 Å². The lowest BCUT2D eigenvalue weighted by atomic mass is 10.0. The number of imidazole rings is 1. The third-order valence-corrected chi connectivity index (χ3v) is 3.33. The summed E-state index contributed by atoms with van der Waals surface area (Å²) in [5.74, 6) is 0.884. The molecule has 1 aromatic carbocycles. The first-order chi connectivity index (χ1) is 8.13. The fourth-order valence-electron chi connectivity index (χ4n) is 1.88. The van der Waals surface area contributed by atoms with Crippen molar-refractivity contribution < 1.29 is 0 Å². The number of rotatable bonds is 3. The van der Waals surface area contributed by atoms with Crippen LogP contribution in [0.15, 0.2) is 30.6 Å². The normalized spacial score (nSPS) is 12.7. The molecule has 17 heavy (non-hydrogen) atoms. The minimum Gasteiger partial charge on any atom is -0.334 e. The SMILES string of the molecule is CCn1ccnc1C(N)c1ccc(Cl)c(C)c1. The van der Waals surface area contributed by atoms with E-state index in [0.29, 0.717) is 0 Å². The molecule has 0 radical (unpaired) electrons. The van der Waals surface area contributed by atoms with Gasteiger partial charge in [0.05, 0.1) is 6.04 Å². The molecule has 90 valence electrons. The summed E-state index contributed by atoms with van der Waals surface area (Å²) in [7, 11) is 0. The molecular weight excluding hydrogens is 234 g/mol. The summed E-state index contributed by atoms with van der Waals surface area (Å²) in [4.78, 5) is 4.32. The van der Waals surface area contributed by atoms with Crippen molar-refractivity contribution in [1.29, 1.82) is 0 Å². The summed E-state index contributed by atoms with van der Waals surface area (Å²) in [5.41, 5.74) is 8.30. The van der Waals surface area contributed by atoms with Gasteiger partial charge in [0.2, 0.25) is 0 Å². The number of nitrogens with two attached hydrogens (primary N) is 1. The number of benzene rings is 1. The number of aryl methyl sites for hydroxylation is 2. The van der Waals surface area contributed by atoms with Gasteiger partial charge in [-0.25, -0.2) is 4.98 Å². The van der Waals surface area contributed by atoms with E-state index < -0.39 is 0 Å². The van der Waals surface area contributed by atoms with Crippen LogP contribution < -0.4 is 5.73 Å². The highest BCUT2D eigenvalue weighted by atomic mass is 35.5. The quantitative estimate of drug-likeness (QED) is 0.909. The molecule has 2 N–H and O–H groups in total. The van der Waals surface area contributed by atoms with Crippen molar-refractivity contribution in [2.24, 2.45) is 5.73 Å². The maximum absolute atomic E-state index is 6.23. The molecule has 0 aliphatic rings. The van der Waals surface area contributed by atoms with E-state index in [0.717, 1.165) is 28.5 Å². The van der Waals surface area contributed by atoms with Crippen LogP contribution in [0, 0.1) is 6.92 Å². The first-order valence-electron chi connectivity index (χ1n) is 5.66. The maximum Gasteiger partial charge on any atom is 0.130 e. The van der Waals surface area contributed by atoms with Gasteiger partial charge in [0.15, 0.2) is 0 Å². The largest absolute Gasteiger partial charge is 0.334 e. The first-order valence-corrected chi connectivity index (χ1v) is 6.04. The van der Waals surface area contributed by atoms with E-state index in [4.69, 9.17) is 17.3 Å². The van der Waals surface area contributed by atoms with Crippen molar-refractivity contribution in [3.8, 4) is 0 Å². The van der Waals surface area contributed by atoms with E-state index in [1.807, 2.05) is 31.3 Å². The van der Waals surface area contributed by atoms with Gasteiger partial charge in [-0.15, -0.1) is 0 Å². The van der Waals surface area contributed by atoms with Crippen LogP contribution in [0.5, 0.6) is 0 Å². The Balaban J connectivity index is 2.36. The Morgan fingerprint density at radius 3 is 2.88 bits per heavy atom. The summed E-state index contributed by atoms with van der Waals surface area (Å²) in [6, 6.07) is 5.64. The zero-order valence-corrected chi connectivity index (χ0v) is 10.8. The number of hydrogen-bond donors (Lipinski definition) is 1. The van der Waals surface area contributed by atoms with Crippen LogP contribution in [0.25, 0.3) is 0 Å². The van der Waals surface area contributed by atoms with Gasteiger partial charge >= 0.3 is 0 Å². The minimum atomic E-state index is -0.207. The molecule has 4 heteroatoms. The van der Waals surface area contributed by atoms with Gasteiger partial charge < -0.3 is 10.3 Å². The Bertz CT molecular complexity index is 519. The monoisotopic (exact) mass is 249 g/mol. The second-order valence-corrected chi connectivity index (χ2v) is 4.46. The zero-order chi connectivity index (χ0) is 12.4. The molecule has 1 atom stereocenters. The summed E-state index contributed by atoms with van der Waals surface area (Å²) in [5, 5.41) is 0.764. The van der Waals surface area contributed by atoms with Crippen molar-refractivity contribution in [2.75, 3.05) is 0 Å². The Labute approximate surface area is 106 Å². The average molecular weight is 250 g/mol. The number of hydrogen-bond acceptors (Lipinski definition) is 2. The standard InChI is InChI=1S/C13H16ClN3/c1-3-17-7-6-16-13(17)12(15)10-4-5-11(14)9(2)8-10/h4-8,12H,3,15H2,1-2H3. The number of aromatic nitrogens is 2. The van der Waals surface area contributed by atoms with Crippen LogP contribution in [0.1, 0.15) is 29.9 Å². The van der Waals surface area contributed by atoms with Gasteiger partial charge in [-0.2, -0.15) is 0 Å². The number of nitrogens with zero attached hydrogens (tertiary/aromatic N) is 2. The molecule has 2 rings (SSSR count). The van der Waals surface area contributed by atoms with Crippen LogP contribution in [-0.2, 0) is 6.54 Å². The smallest absolute Gasteiger partial charge is 0.130 e. The van der Waals surface area contributed by atoms with Crippen LogP contribution in [0.4, 0.5) is 0 Å². The fraction of sp³-hybridized carbons (Fsp3) is 0.308. The fourth-order valence-corrected chi connectivity index (χ4v) is 2.00. The maximum atomic E-state index is 6.23. The molecule has 1 heterocycles. The van der Waals surface area contributed by atoms with Gasteiger partial charge in [0.1, 0.15) is 5.82 Å². The summed E-state index contributed by atoms with van der Waals surface area (Å²) in [6.45, 7) is 4.92. The van der Waals surface area contributed by atoms with Crippen LogP contribution in [-0.4, -0.2) is 9.55 Å². The molecule has 1 aromatic heterocycles. The minimum absolute atomic E-state index is 0.207. The average Bonchev–Trinajstić information content (AvgIpc) is 2.80. The summed E-state index contributed by atoms with van der Waals surface area (Å²) < 4.78 is 2.05. The lowest BCUT2D eigenvalue weighted by molar-refractivity contribution is 0.656. The summed E-state index contributed by atoms with van der Waals surface area (Å²) in [6.07, 6.45) is 3.72. The molecule has 0 aliphatic heterocycles. The second kappa shape index (κ2) is 4.90. The molecule has 2 aromatic rings. The zero-order valence-electron chi connectivity index (χ0n) is 10.0. The van der Waals surface area contributed by atoms with Crippen molar-refractivity contribution in [1.82, 2.24) is 9.55 Å². The molecule has 1 unspecified atom stereocenters. The van der Waals surface area contributed by atoms with E-state index >= 15 is 0 Å². The van der Waals surface area contributed by atoms with E-state index in [-0.39, 0.29) is 6.04 Å². The first kappa shape index (κ1) is 12.1. The molecule has 0 fully saturated rings. The molecule has 0 amide bonds. The Morgan fingerprint density at radius 2 is 2.24 bits per heavy atom. The lowest BCUT2D eigenvalue weighted by Crippen LogP contribution is -2.17. The van der Waals surface area contributed by atoms with Gasteiger partial charge in [-0.1, -0.05) is 23.7 Å². The summed E-state index contributed by atoms with van der Waals surface area (Å²) >= 11 is 6.01. The molecule has 3 nitrogen and oxygen atoms in total. The van der Waals surface area contributed by atoms with E-state index in [1.54, 1.807) is 6.20 Å². The van der Waals surface area contributed by atoms with Crippen molar-refractivity contribution >= 4 is 11.6 Å². The van der Waals surface area contributed by atoms with Gasteiger partial charge in [0, 0.05) is 24.0 Å². The Morgan fingerprint density at radius 1 is 1.47 bits per heavy atom. The van der Waals surface area contributed by atoms with E-state index in [1.165, 1.54) is 0 Å². The Hall–Kier alpha value is -1.32. The van der Waals surface area contributed by atoms with Crippen LogP contribution >= 0.6 is 11.6 Å². The molecule has 0 aliphatic carbocycles. The van der Waals surface area contributed by atoms with Crippen molar-refractivity contribution in [2.45, 2.75) is 26.4 Å². The number of halogens is 1. The third kappa shape index (κ3) is 2.35. The lowest BCUT2D eigenvalue weighted by Gasteiger charge is -2.14. The van der Waals surface area contributed by atoms with Crippen LogP contribution in [0.3, 0.4) is 0 Å². The van der Waals surface area contributed by atoms with E-state index in [2.05, 4.69) is 16.5 Å². The van der Waals surface area contributed by atoms with Crippen molar-refractivity contribution in [3.63, 3.8) is 0 Å². The molecule has 0 saturated carbocycles. The van der Waals surface area contributed by atoms with Crippen molar-refractivity contribution in [3.05, 3.63) is 52.6 Å². The predicted molar refractivity (Wildman–Crippen MR) is 70.1 cm³/mol. The topological polar surface area (TPSA) is 43.8 Å². The molecule has 0 spiro atoms. The van der Waals surface area contributed by atoms with Crippen LogP contribution in [0.2, 0.25) is 5.02 Å². The highest BCUT2D eigenvalue weighted by Crippen LogP contribution is 2.23. The highest BCUT2D eigenvalue weighted by Gasteiger charge is 2.14. The van der Waals surface area contributed by atoms with Gasteiger partial charge in [0.25, 0.3) is 0 Å². The Kier molecular flexibility index (Phi) is 3.50. The molecule has 0 bridgehead atoms. The third-order valence-electron chi connectivity index (χ3n) is 2.91. The molecular formula is C13H16ClN3. The highest BCUT2D eigenvalue weighted by molar-refractivity contribution is 6.31. The van der Waals surface area contributed by atoms with Gasteiger partial charge in [-0.05, 0) is 31.0 Å². The second-order valence-electron chi connectivity index (χ2n) is 4.06. The molecule has 0 saturated heterocycles.